The molecule has 9 N–H and O–H groups in total. The quantitative estimate of drug-likeness (QED) is 0.178. The fourth-order valence-electron chi connectivity index (χ4n) is 0.956. The summed E-state index contributed by atoms with van der Waals surface area (Å²) in [5.41, 5.74) is 20.6. The fourth-order valence-corrected chi connectivity index (χ4v) is 0.956. The molecule has 1 atom stereocenters. The summed E-state index contributed by atoms with van der Waals surface area (Å²) in [6.45, 7) is 0.208. The Morgan fingerprint density at radius 2 is 1.88 bits per heavy atom. The van der Waals surface area contributed by atoms with Crippen molar-refractivity contribution in [1.82, 2.24) is 5.32 Å². The first-order valence-electron chi connectivity index (χ1n) is 4.80. The van der Waals surface area contributed by atoms with Gasteiger partial charge in [-0.25, -0.2) is 0 Å². The van der Waals surface area contributed by atoms with Crippen molar-refractivity contribution in [3.63, 3.8) is 0 Å². The van der Waals surface area contributed by atoms with Gasteiger partial charge < -0.3 is 28.3 Å². The first kappa shape index (κ1) is 14.2. The third-order valence-electron chi connectivity index (χ3n) is 1.74. The smallest absolute Gasteiger partial charge is 0.237 e. The highest BCUT2D eigenvalue weighted by atomic mass is 16.2. The van der Waals surface area contributed by atoms with E-state index in [0.29, 0.717) is 19.4 Å². The van der Waals surface area contributed by atoms with Crippen LogP contribution in [-0.2, 0) is 9.59 Å². The van der Waals surface area contributed by atoms with Crippen LogP contribution in [0.4, 0.5) is 0 Å². The zero-order chi connectivity index (χ0) is 12.6. The average Bonchev–Trinajstić information content (AvgIpc) is 2.20. The van der Waals surface area contributed by atoms with Crippen molar-refractivity contribution in [1.29, 1.82) is 0 Å². The summed E-state index contributed by atoms with van der Waals surface area (Å²) < 4.78 is 0. The molecule has 0 aromatic rings. The molecule has 0 heterocycles. The van der Waals surface area contributed by atoms with Crippen molar-refractivity contribution >= 4 is 17.8 Å². The van der Waals surface area contributed by atoms with Gasteiger partial charge in [-0.2, -0.15) is 0 Å². The van der Waals surface area contributed by atoms with Crippen LogP contribution >= 0.6 is 0 Å². The third kappa shape index (κ3) is 7.56. The lowest BCUT2D eigenvalue weighted by Gasteiger charge is -2.10. The first-order valence-corrected chi connectivity index (χ1v) is 4.80. The van der Waals surface area contributed by atoms with Crippen LogP contribution in [0, 0.1) is 0 Å². The van der Waals surface area contributed by atoms with Gasteiger partial charge in [0.2, 0.25) is 11.8 Å². The van der Waals surface area contributed by atoms with E-state index in [2.05, 4.69) is 10.3 Å². The second-order valence-corrected chi connectivity index (χ2v) is 3.24. The molecule has 0 aliphatic carbocycles. The Morgan fingerprint density at radius 1 is 1.25 bits per heavy atom. The first-order chi connectivity index (χ1) is 7.43. The highest BCUT2D eigenvalue weighted by Gasteiger charge is 2.12. The van der Waals surface area contributed by atoms with E-state index in [1.807, 2.05) is 0 Å². The molecule has 0 radical (unpaired) electrons. The molecule has 0 aliphatic heterocycles. The molecule has 0 fully saturated rings. The molecule has 0 spiro atoms. The fraction of sp³-hybridized carbons (Fsp3) is 0.625. The number of hydrogen-bond acceptors (Lipinski definition) is 4. The highest BCUT2D eigenvalue weighted by Crippen LogP contribution is 1.94. The molecule has 0 saturated heterocycles. The Morgan fingerprint density at radius 3 is 2.38 bits per heavy atom. The maximum absolute atomic E-state index is 11.2. The Balaban J connectivity index is 3.71. The number of primary amides is 1. The number of nitrogens with one attached hydrogen (secondary N) is 1. The number of amides is 2. The standard InChI is InChI=1S/C8H18N6O2/c9-5(2-1-3-13-8(11)12)7(16)14-4-6(10)15/h5H,1-4,9H2,(H2,10,15)(H,14,16)(H4,11,12,13)/t5-/m0/s1. The maximum atomic E-state index is 11.2. The number of carbonyl (C=O) groups is 2. The molecule has 0 bridgehead atoms. The molecular weight excluding hydrogens is 212 g/mol. The molecule has 0 unspecified atom stereocenters. The van der Waals surface area contributed by atoms with Crippen LogP contribution in [0.1, 0.15) is 12.8 Å². The van der Waals surface area contributed by atoms with E-state index in [-0.39, 0.29) is 12.5 Å². The Bertz CT molecular complexity index is 274. The van der Waals surface area contributed by atoms with Gasteiger partial charge in [0.05, 0.1) is 12.6 Å². The summed E-state index contributed by atoms with van der Waals surface area (Å²) in [6, 6.07) is -0.687. The Labute approximate surface area is 93.4 Å². The summed E-state index contributed by atoms with van der Waals surface area (Å²) in [5.74, 6) is -1.02. The molecule has 0 aliphatic rings. The number of nitrogens with two attached hydrogens (primary N) is 4. The van der Waals surface area contributed by atoms with E-state index >= 15 is 0 Å². The largest absolute Gasteiger partial charge is 0.370 e. The van der Waals surface area contributed by atoms with Gasteiger partial charge in [0.1, 0.15) is 0 Å². The van der Waals surface area contributed by atoms with Crippen molar-refractivity contribution in [2.24, 2.45) is 27.9 Å². The van der Waals surface area contributed by atoms with Crippen LogP contribution < -0.4 is 28.3 Å². The van der Waals surface area contributed by atoms with Gasteiger partial charge in [-0.15, -0.1) is 0 Å². The molecule has 0 rings (SSSR count). The molecule has 2 amide bonds. The number of hydrogen-bond donors (Lipinski definition) is 5. The molecule has 0 aromatic heterocycles. The number of rotatable bonds is 7. The molecule has 16 heavy (non-hydrogen) atoms. The topological polar surface area (TPSA) is 163 Å². The lowest BCUT2D eigenvalue weighted by Crippen LogP contribution is -2.43. The second kappa shape index (κ2) is 7.46. The minimum absolute atomic E-state index is 0.00625. The summed E-state index contributed by atoms with van der Waals surface area (Å²) >= 11 is 0. The predicted molar refractivity (Wildman–Crippen MR) is 60.1 cm³/mol. The summed E-state index contributed by atoms with van der Waals surface area (Å²) in [7, 11) is 0. The minimum atomic E-state index is -0.687. The number of nitrogens with zero attached hydrogens (tertiary/aromatic N) is 1. The summed E-state index contributed by atoms with van der Waals surface area (Å²) in [4.78, 5) is 25.4. The van der Waals surface area contributed by atoms with E-state index in [0.717, 1.165) is 0 Å². The van der Waals surface area contributed by atoms with Crippen molar-refractivity contribution in [2.75, 3.05) is 13.1 Å². The lowest BCUT2D eigenvalue weighted by molar-refractivity contribution is -0.125. The molecular formula is C8H18N6O2. The molecule has 8 nitrogen and oxygen atoms in total. The van der Waals surface area contributed by atoms with Crippen LogP contribution in [0.15, 0.2) is 4.99 Å². The highest BCUT2D eigenvalue weighted by molar-refractivity contribution is 5.86. The van der Waals surface area contributed by atoms with Gasteiger partial charge >= 0.3 is 0 Å². The Kier molecular flexibility index (Phi) is 6.61. The van der Waals surface area contributed by atoms with Crippen molar-refractivity contribution in [3.05, 3.63) is 0 Å². The van der Waals surface area contributed by atoms with Crippen LogP contribution in [-0.4, -0.2) is 36.9 Å². The van der Waals surface area contributed by atoms with Gasteiger partial charge in [0, 0.05) is 6.54 Å². The van der Waals surface area contributed by atoms with Crippen LogP contribution in [0.3, 0.4) is 0 Å². The van der Waals surface area contributed by atoms with Crippen LogP contribution in [0.25, 0.3) is 0 Å². The van der Waals surface area contributed by atoms with E-state index in [9.17, 15) is 9.59 Å². The average molecular weight is 230 g/mol. The lowest BCUT2D eigenvalue weighted by atomic mass is 10.1. The summed E-state index contributed by atoms with van der Waals surface area (Å²) in [6.07, 6.45) is 1.02. The zero-order valence-electron chi connectivity index (χ0n) is 8.98. The maximum Gasteiger partial charge on any atom is 0.237 e. The van der Waals surface area contributed by atoms with Crippen molar-refractivity contribution in [2.45, 2.75) is 18.9 Å². The number of guanidine groups is 1. The summed E-state index contributed by atoms with van der Waals surface area (Å²) in [5, 5.41) is 2.31. The molecule has 0 aromatic carbocycles. The molecule has 0 saturated carbocycles. The monoisotopic (exact) mass is 230 g/mol. The predicted octanol–water partition coefficient (Wildman–Crippen LogP) is -3.03. The van der Waals surface area contributed by atoms with E-state index in [1.54, 1.807) is 0 Å². The molecule has 92 valence electrons. The SMILES string of the molecule is NC(=O)CNC(=O)[C@@H](N)CCCN=C(N)N. The van der Waals surface area contributed by atoms with Gasteiger partial charge in [0.25, 0.3) is 0 Å². The van der Waals surface area contributed by atoms with Crippen LogP contribution in [0.5, 0.6) is 0 Å². The van der Waals surface area contributed by atoms with Gasteiger partial charge in [0.15, 0.2) is 5.96 Å². The Hall–Kier alpha value is -1.83. The van der Waals surface area contributed by atoms with E-state index < -0.39 is 17.9 Å². The van der Waals surface area contributed by atoms with E-state index in [4.69, 9.17) is 22.9 Å². The van der Waals surface area contributed by atoms with Gasteiger partial charge in [-0.3, -0.25) is 14.6 Å². The number of aliphatic imine (C=N–C) groups is 1. The van der Waals surface area contributed by atoms with Crippen LogP contribution in [0.2, 0.25) is 0 Å². The normalized spacial score (nSPS) is 11.6. The second-order valence-electron chi connectivity index (χ2n) is 3.24. The zero-order valence-corrected chi connectivity index (χ0v) is 8.98. The van der Waals surface area contributed by atoms with Gasteiger partial charge in [-0.05, 0) is 12.8 Å². The van der Waals surface area contributed by atoms with E-state index in [1.165, 1.54) is 0 Å². The minimum Gasteiger partial charge on any atom is -0.370 e. The third-order valence-corrected chi connectivity index (χ3v) is 1.74. The number of carbonyl (C=O) groups excluding carboxylic acids is 2. The van der Waals surface area contributed by atoms with Crippen molar-refractivity contribution in [3.8, 4) is 0 Å². The van der Waals surface area contributed by atoms with Crippen molar-refractivity contribution < 1.29 is 9.59 Å². The van der Waals surface area contributed by atoms with Gasteiger partial charge in [-0.1, -0.05) is 0 Å². The molecule has 8 heteroatoms.